The summed E-state index contributed by atoms with van der Waals surface area (Å²) in [5.74, 6) is 0.831. The van der Waals surface area contributed by atoms with Gasteiger partial charge in [0.15, 0.2) is 0 Å². The molecule has 0 aliphatic carbocycles. The van der Waals surface area contributed by atoms with Crippen LogP contribution in [0.5, 0.6) is 0 Å². The average Bonchev–Trinajstić information content (AvgIpc) is 2.79. The van der Waals surface area contributed by atoms with Crippen LogP contribution in [0.4, 0.5) is 5.82 Å². The highest BCUT2D eigenvalue weighted by Crippen LogP contribution is 2.21. The zero-order chi connectivity index (χ0) is 13.7. The van der Waals surface area contributed by atoms with Gasteiger partial charge in [0, 0.05) is 31.8 Å². The summed E-state index contributed by atoms with van der Waals surface area (Å²) < 4.78 is 1.80. The lowest BCUT2D eigenvalue weighted by atomic mass is 10.2. The van der Waals surface area contributed by atoms with Crippen LogP contribution in [0.25, 0.3) is 0 Å². The second-order valence-electron chi connectivity index (χ2n) is 4.40. The van der Waals surface area contributed by atoms with Gasteiger partial charge in [-0.05, 0) is 12.5 Å². The van der Waals surface area contributed by atoms with E-state index in [-0.39, 0.29) is 0 Å². The third-order valence-corrected chi connectivity index (χ3v) is 3.16. The Morgan fingerprint density at radius 2 is 2.16 bits per heavy atom. The normalized spacial score (nSPS) is 10.7. The Kier molecular flexibility index (Phi) is 4.74. The molecule has 0 aromatic carbocycles. The van der Waals surface area contributed by atoms with Gasteiger partial charge in [0.25, 0.3) is 0 Å². The van der Waals surface area contributed by atoms with E-state index in [1.807, 2.05) is 19.3 Å². The van der Waals surface area contributed by atoms with Gasteiger partial charge in [-0.1, -0.05) is 24.9 Å². The molecule has 0 bridgehead atoms. The third kappa shape index (κ3) is 3.67. The quantitative estimate of drug-likeness (QED) is 0.826. The van der Waals surface area contributed by atoms with Crippen molar-refractivity contribution >= 4 is 17.4 Å². The molecule has 0 unspecified atom stereocenters. The van der Waals surface area contributed by atoms with Crippen LogP contribution in [0.3, 0.4) is 0 Å². The summed E-state index contributed by atoms with van der Waals surface area (Å²) in [6.45, 7) is 2.89. The smallest absolute Gasteiger partial charge is 0.137 e. The number of anilines is 1. The number of aromatic nitrogens is 4. The van der Waals surface area contributed by atoms with E-state index in [1.54, 1.807) is 4.68 Å². The van der Waals surface area contributed by atoms with Gasteiger partial charge in [-0.3, -0.25) is 4.68 Å². The molecule has 2 rings (SSSR count). The summed E-state index contributed by atoms with van der Waals surface area (Å²) in [5, 5.41) is 8.19. The molecule has 6 heteroatoms. The Morgan fingerprint density at radius 1 is 1.32 bits per heavy atom. The van der Waals surface area contributed by atoms with Crippen molar-refractivity contribution in [3.05, 3.63) is 35.0 Å². The largest absolute Gasteiger partial charge is 0.369 e. The predicted octanol–water partition coefficient (Wildman–Crippen LogP) is 2.47. The highest BCUT2D eigenvalue weighted by molar-refractivity contribution is 6.30. The first-order valence-corrected chi connectivity index (χ1v) is 6.80. The minimum atomic E-state index is 0.539. The number of hydrogen-bond acceptors (Lipinski definition) is 4. The Labute approximate surface area is 118 Å². The number of aryl methyl sites for hydroxylation is 1. The molecular formula is C13H18ClN5. The van der Waals surface area contributed by atoms with Gasteiger partial charge in [0.1, 0.15) is 17.3 Å². The molecule has 1 N–H and O–H groups in total. The third-order valence-electron chi connectivity index (χ3n) is 2.84. The lowest BCUT2D eigenvalue weighted by Gasteiger charge is -2.10. The van der Waals surface area contributed by atoms with Crippen LogP contribution in [-0.2, 0) is 19.9 Å². The van der Waals surface area contributed by atoms with E-state index in [1.165, 1.54) is 6.33 Å². The van der Waals surface area contributed by atoms with E-state index in [4.69, 9.17) is 11.6 Å². The molecule has 0 radical (unpaired) electrons. The summed E-state index contributed by atoms with van der Waals surface area (Å²) >= 11 is 6.10. The molecular weight excluding hydrogens is 262 g/mol. The van der Waals surface area contributed by atoms with Crippen molar-refractivity contribution in [1.82, 2.24) is 19.7 Å². The number of hydrogen-bond donors (Lipinski definition) is 1. The van der Waals surface area contributed by atoms with Gasteiger partial charge in [-0.15, -0.1) is 0 Å². The van der Waals surface area contributed by atoms with Crippen molar-refractivity contribution in [1.29, 1.82) is 0 Å². The zero-order valence-corrected chi connectivity index (χ0v) is 12.0. The number of nitrogens with zero attached hydrogens (tertiary/aromatic N) is 4. The van der Waals surface area contributed by atoms with Gasteiger partial charge in [-0.25, -0.2) is 9.97 Å². The predicted molar refractivity (Wildman–Crippen MR) is 76.4 cm³/mol. The molecule has 2 heterocycles. The molecule has 0 aliphatic heterocycles. The Balaban J connectivity index is 1.97. The Hall–Kier alpha value is -1.62. The van der Waals surface area contributed by atoms with Crippen molar-refractivity contribution in [2.24, 2.45) is 7.05 Å². The molecule has 19 heavy (non-hydrogen) atoms. The molecule has 102 valence electrons. The van der Waals surface area contributed by atoms with Crippen LogP contribution in [-0.4, -0.2) is 26.3 Å². The minimum absolute atomic E-state index is 0.539. The fourth-order valence-electron chi connectivity index (χ4n) is 1.92. The van der Waals surface area contributed by atoms with E-state index in [9.17, 15) is 0 Å². The maximum atomic E-state index is 6.10. The van der Waals surface area contributed by atoms with Crippen LogP contribution in [0.1, 0.15) is 24.6 Å². The van der Waals surface area contributed by atoms with Crippen LogP contribution < -0.4 is 5.32 Å². The molecule has 0 fully saturated rings. The second-order valence-corrected chi connectivity index (χ2v) is 4.76. The minimum Gasteiger partial charge on any atom is -0.369 e. The van der Waals surface area contributed by atoms with Crippen LogP contribution in [0, 0.1) is 0 Å². The zero-order valence-electron chi connectivity index (χ0n) is 11.2. The van der Waals surface area contributed by atoms with Gasteiger partial charge in [0.05, 0.1) is 5.69 Å². The van der Waals surface area contributed by atoms with Crippen molar-refractivity contribution < 1.29 is 0 Å². The molecule has 2 aromatic rings. The maximum absolute atomic E-state index is 6.10. The average molecular weight is 280 g/mol. The molecule has 0 saturated carbocycles. The molecule has 2 aromatic heterocycles. The van der Waals surface area contributed by atoms with Crippen LogP contribution in [0.2, 0.25) is 5.15 Å². The van der Waals surface area contributed by atoms with Gasteiger partial charge >= 0.3 is 0 Å². The van der Waals surface area contributed by atoms with E-state index in [0.29, 0.717) is 5.15 Å². The van der Waals surface area contributed by atoms with Crippen molar-refractivity contribution in [2.75, 3.05) is 11.9 Å². The van der Waals surface area contributed by atoms with Crippen molar-refractivity contribution in [3.8, 4) is 0 Å². The summed E-state index contributed by atoms with van der Waals surface area (Å²) in [6.07, 6.45) is 6.19. The Morgan fingerprint density at radius 3 is 2.84 bits per heavy atom. The highest BCUT2D eigenvalue weighted by atomic mass is 35.5. The topological polar surface area (TPSA) is 55.6 Å². The SMILES string of the molecule is CCCc1c(Cl)ncnc1NCCc1ccn(C)n1. The monoisotopic (exact) mass is 279 g/mol. The summed E-state index contributed by atoms with van der Waals surface area (Å²) in [6, 6.07) is 2.02. The number of rotatable bonds is 6. The molecule has 0 atom stereocenters. The molecule has 5 nitrogen and oxygen atoms in total. The maximum Gasteiger partial charge on any atom is 0.137 e. The number of nitrogens with one attached hydrogen (secondary N) is 1. The summed E-state index contributed by atoms with van der Waals surface area (Å²) in [7, 11) is 1.92. The first kappa shape index (κ1) is 13.8. The van der Waals surface area contributed by atoms with E-state index in [0.717, 1.165) is 42.9 Å². The van der Waals surface area contributed by atoms with Gasteiger partial charge in [-0.2, -0.15) is 5.10 Å². The first-order valence-electron chi connectivity index (χ1n) is 6.42. The lowest BCUT2D eigenvalue weighted by molar-refractivity contribution is 0.741. The standard InChI is InChI=1S/C13H18ClN5/c1-3-4-11-12(14)16-9-17-13(11)15-7-5-10-6-8-19(2)18-10/h6,8-9H,3-5,7H2,1-2H3,(H,15,16,17). The van der Waals surface area contributed by atoms with E-state index < -0.39 is 0 Å². The van der Waals surface area contributed by atoms with E-state index in [2.05, 4.69) is 27.3 Å². The van der Waals surface area contributed by atoms with Gasteiger partial charge < -0.3 is 5.32 Å². The summed E-state index contributed by atoms with van der Waals surface area (Å²) in [4.78, 5) is 8.29. The first-order chi connectivity index (χ1) is 9.20. The van der Waals surface area contributed by atoms with Crippen molar-refractivity contribution in [2.45, 2.75) is 26.2 Å². The lowest BCUT2D eigenvalue weighted by Crippen LogP contribution is -2.10. The molecule has 0 aliphatic rings. The Bertz CT molecular complexity index is 538. The number of halogens is 1. The second kappa shape index (κ2) is 6.52. The molecule has 0 spiro atoms. The fraction of sp³-hybridized carbons (Fsp3) is 0.462. The van der Waals surface area contributed by atoms with Gasteiger partial charge in [0.2, 0.25) is 0 Å². The van der Waals surface area contributed by atoms with Crippen LogP contribution in [0.15, 0.2) is 18.6 Å². The highest BCUT2D eigenvalue weighted by Gasteiger charge is 2.08. The van der Waals surface area contributed by atoms with Crippen molar-refractivity contribution in [3.63, 3.8) is 0 Å². The molecule has 0 amide bonds. The summed E-state index contributed by atoms with van der Waals surface area (Å²) in [5.41, 5.74) is 2.06. The van der Waals surface area contributed by atoms with Crippen LogP contribution >= 0.6 is 11.6 Å². The molecule has 0 saturated heterocycles. The van der Waals surface area contributed by atoms with E-state index >= 15 is 0 Å². The fourth-order valence-corrected chi connectivity index (χ4v) is 2.15.